The fourth-order valence-corrected chi connectivity index (χ4v) is 1.98. The Morgan fingerprint density at radius 3 is 2.30 bits per heavy atom. The fraction of sp³-hybridized carbons (Fsp3) is 0.429. The molecule has 1 aliphatic heterocycles. The molecule has 4 N–H and O–H groups in total. The first-order chi connectivity index (χ1) is 9.56. The smallest absolute Gasteiger partial charge is 0.229 e. The van der Waals surface area contributed by atoms with Crippen LogP contribution in [0.5, 0.6) is 5.75 Å². The summed E-state index contributed by atoms with van der Waals surface area (Å²) in [6.45, 7) is 3.15. The SMILES string of the molecule is C=Cc1ccc(O[C@@H]2OC(CO)[C@H](O)[C@@H](O)[C@@H]2O)cc1. The molecule has 2 rings (SSSR count). The van der Waals surface area contributed by atoms with E-state index in [1.165, 1.54) is 0 Å². The third kappa shape index (κ3) is 3.00. The summed E-state index contributed by atoms with van der Waals surface area (Å²) in [5, 5.41) is 38.2. The minimum Gasteiger partial charge on any atom is -0.462 e. The molecule has 1 saturated heterocycles. The molecule has 1 aliphatic rings. The Kier molecular flexibility index (Phi) is 4.74. The Labute approximate surface area is 116 Å². The van der Waals surface area contributed by atoms with Gasteiger partial charge >= 0.3 is 0 Å². The van der Waals surface area contributed by atoms with Gasteiger partial charge in [0, 0.05) is 0 Å². The Bertz CT molecular complexity index is 443. The van der Waals surface area contributed by atoms with Gasteiger partial charge in [0.2, 0.25) is 6.29 Å². The first-order valence-electron chi connectivity index (χ1n) is 6.26. The summed E-state index contributed by atoms with van der Waals surface area (Å²) in [7, 11) is 0. The van der Waals surface area contributed by atoms with E-state index in [1.807, 2.05) is 0 Å². The van der Waals surface area contributed by atoms with E-state index < -0.39 is 37.3 Å². The van der Waals surface area contributed by atoms with Gasteiger partial charge in [-0.2, -0.15) is 0 Å². The van der Waals surface area contributed by atoms with Gasteiger partial charge in [-0.25, -0.2) is 0 Å². The van der Waals surface area contributed by atoms with Gasteiger partial charge in [-0.3, -0.25) is 0 Å². The van der Waals surface area contributed by atoms with Gasteiger partial charge in [0.1, 0.15) is 30.2 Å². The standard InChI is InChI=1S/C14H18O6/c1-2-8-3-5-9(6-4-8)19-14-13(18)12(17)11(16)10(7-15)20-14/h2-6,10-18H,1,7H2/t10?,11-,12+,13-,14+/m0/s1. The van der Waals surface area contributed by atoms with Crippen molar-refractivity contribution < 1.29 is 29.9 Å². The predicted octanol–water partition coefficient (Wildman–Crippen LogP) is -0.492. The maximum Gasteiger partial charge on any atom is 0.229 e. The largest absolute Gasteiger partial charge is 0.462 e. The lowest BCUT2D eigenvalue weighted by Gasteiger charge is -2.39. The molecular formula is C14H18O6. The van der Waals surface area contributed by atoms with E-state index in [4.69, 9.17) is 14.6 Å². The van der Waals surface area contributed by atoms with E-state index in [1.54, 1.807) is 30.3 Å². The second-order valence-electron chi connectivity index (χ2n) is 4.59. The highest BCUT2D eigenvalue weighted by Crippen LogP contribution is 2.24. The zero-order chi connectivity index (χ0) is 14.7. The molecule has 110 valence electrons. The molecule has 0 spiro atoms. The van der Waals surface area contributed by atoms with Crippen LogP contribution in [0.4, 0.5) is 0 Å². The normalized spacial score (nSPS) is 33.7. The van der Waals surface area contributed by atoms with Gasteiger partial charge in [-0.1, -0.05) is 24.8 Å². The van der Waals surface area contributed by atoms with E-state index >= 15 is 0 Å². The van der Waals surface area contributed by atoms with E-state index in [2.05, 4.69) is 6.58 Å². The maximum absolute atomic E-state index is 9.83. The summed E-state index contributed by atoms with van der Waals surface area (Å²) in [5.41, 5.74) is 0.908. The van der Waals surface area contributed by atoms with Gasteiger partial charge in [-0.15, -0.1) is 0 Å². The molecule has 0 radical (unpaired) electrons. The van der Waals surface area contributed by atoms with E-state index in [0.29, 0.717) is 5.75 Å². The van der Waals surface area contributed by atoms with E-state index in [0.717, 1.165) is 5.56 Å². The van der Waals surface area contributed by atoms with Crippen LogP contribution in [0.2, 0.25) is 0 Å². The molecule has 1 fully saturated rings. The average Bonchev–Trinajstić information content (AvgIpc) is 2.48. The molecule has 0 bridgehead atoms. The van der Waals surface area contributed by atoms with E-state index in [-0.39, 0.29) is 0 Å². The molecule has 6 nitrogen and oxygen atoms in total. The molecule has 0 aliphatic carbocycles. The van der Waals surface area contributed by atoms with Gasteiger partial charge in [0.05, 0.1) is 6.61 Å². The molecule has 0 aromatic heterocycles. The quantitative estimate of drug-likeness (QED) is 0.594. The van der Waals surface area contributed by atoms with E-state index in [9.17, 15) is 15.3 Å². The summed E-state index contributed by atoms with van der Waals surface area (Å²) in [4.78, 5) is 0. The zero-order valence-electron chi connectivity index (χ0n) is 10.8. The molecule has 20 heavy (non-hydrogen) atoms. The van der Waals surface area contributed by atoms with Crippen LogP contribution in [0.1, 0.15) is 5.56 Å². The first-order valence-corrected chi connectivity index (χ1v) is 6.26. The van der Waals surface area contributed by atoms with Crippen molar-refractivity contribution in [3.05, 3.63) is 36.4 Å². The number of aliphatic hydroxyl groups is 4. The van der Waals surface area contributed by atoms with Crippen LogP contribution in [-0.4, -0.2) is 57.7 Å². The van der Waals surface area contributed by atoms with Gasteiger partial charge < -0.3 is 29.9 Å². The van der Waals surface area contributed by atoms with Crippen molar-refractivity contribution in [3.63, 3.8) is 0 Å². The average molecular weight is 282 g/mol. The third-order valence-electron chi connectivity index (χ3n) is 3.22. The topological polar surface area (TPSA) is 99.4 Å². The molecule has 0 amide bonds. The van der Waals surface area contributed by atoms with Crippen molar-refractivity contribution in [2.75, 3.05) is 6.61 Å². The highest BCUT2D eigenvalue weighted by atomic mass is 16.7. The van der Waals surface area contributed by atoms with Gasteiger partial charge in [0.25, 0.3) is 0 Å². The summed E-state index contributed by atoms with van der Waals surface area (Å²) < 4.78 is 10.7. The molecule has 1 aromatic carbocycles. The second kappa shape index (κ2) is 6.34. The summed E-state index contributed by atoms with van der Waals surface area (Å²) in [6.07, 6.45) is -4.72. The number of benzene rings is 1. The number of rotatable bonds is 4. The number of ether oxygens (including phenoxy) is 2. The van der Waals surface area contributed by atoms with Crippen molar-refractivity contribution in [1.29, 1.82) is 0 Å². The lowest BCUT2D eigenvalue weighted by Crippen LogP contribution is -2.60. The first kappa shape index (κ1) is 15.0. The zero-order valence-corrected chi connectivity index (χ0v) is 10.8. The highest BCUT2D eigenvalue weighted by Gasteiger charge is 2.44. The Balaban J connectivity index is 2.08. The van der Waals surface area contributed by atoms with Crippen LogP contribution in [-0.2, 0) is 4.74 Å². The number of hydrogen-bond acceptors (Lipinski definition) is 6. The van der Waals surface area contributed by atoms with Crippen LogP contribution in [0, 0.1) is 0 Å². The summed E-state index contributed by atoms with van der Waals surface area (Å²) in [5.74, 6) is 0.430. The van der Waals surface area contributed by atoms with Crippen LogP contribution in [0.15, 0.2) is 30.8 Å². The monoisotopic (exact) mass is 282 g/mol. The van der Waals surface area contributed by atoms with Gasteiger partial charge in [-0.05, 0) is 17.7 Å². The maximum atomic E-state index is 9.83. The van der Waals surface area contributed by atoms with Crippen LogP contribution in [0.3, 0.4) is 0 Å². The Hall–Kier alpha value is -1.44. The fourth-order valence-electron chi connectivity index (χ4n) is 1.98. The molecule has 5 atom stereocenters. The van der Waals surface area contributed by atoms with Crippen molar-refractivity contribution in [1.82, 2.24) is 0 Å². The number of aliphatic hydroxyl groups excluding tert-OH is 4. The third-order valence-corrected chi connectivity index (χ3v) is 3.22. The lowest BCUT2D eigenvalue weighted by molar-refractivity contribution is -0.277. The van der Waals surface area contributed by atoms with Crippen LogP contribution in [0.25, 0.3) is 6.08 Å². The molecule has 1 heterocycles. The molecule has 0 saturated carbocycles. The highest BCUT2D eigenvalue weighted by molar-refractivity contribution is 5.48. The number of hydrogen-bond donors (Lipinski definition) is 4. The summed E-state index contributed by atoms with van der Waals surface area (Å²) >= 11 is 0. The second-order valence-corrected chi connectivity index (χ2v) is 4.59. The predicted molar refractivity (Wildman–Crippen MR) is 70.9 cm³/mol. The van der Waals surface area contributed by atoms with Crippen LogP contribution >= 0.6 is 0 Å². The van der Waals surface area contributed by atoms with Crippen LogP contribution < -0.4 is 4.74 Å². The molecule has 1 aromatic rings. The Morgan fingerprint density at radius 1 is 1.10 bits per heavy atom. The molecule has 6 heteroatoms. The van der Waals surface area contributed by atoms with Crippen molar-refractivity contribution in [3.8, 4) is 5.75 Å². The minimum absolute atomic E-state index is 0.430. The minimum atomic E-state index is -1.45. The Morgan fingerprint density at radius 2 is 1.75 bits per heavy atom. The van der Waals surface area contributed by atoms with Crippen molar-refractivity contribution >= 4 is 6.08 Å². The van der Waals surface area contributed by atoms with Crippen molar-refractivity contribution in [2.45, 2.75) is 30.7 Å². The molecular weight excluding hydrogens is 264 g/mol. The van der Waals surface area contributed by atoms with Gasteiger partial charge in [0.15, 0.2) is 0 Å². The molecule has 1 unspecified atom stereocenters. The lowest BCUT2D eigenvalue weighted by atomic mass is 9.99. The summed E-state index contributed by atoms with van der Waals surface area (Å²) in [6, 6.07) is 6.87. The van der Waals surface area contributed by atoms with Crippen molar-refractivity contribution in [2.24, 2.45) is 0 Å².